The summed E-state index contributed by atoms with van der Waals surface area (Å²) in [6, 6.07) is 6.55. The van der Waals surface area contributed by atoms with Crippen LogP contribution in [0.15, 0.2) is 29.2 Å². The van der Waals surface area contributed by atoms with Gasteiger partial charge in [0.05, 0.1) is 11.5 Å². The van der Waals surface area contributed by atoms with Crippen LogP contribution in [0.1, 0.15) is 46.2 Å². The third-order valence-corrected chi connectivity index (χ3v) is 6.06. The Kier molecular flexibility index (Phi) is 4.84. The Morgan fingerprint density at radius 2 is 1.84 bits per heavy atom. The number of benzene rings is 1. The number of hydrogen-bond acceptors (Lipinski definition) is 4. The molecule has 1 aromatic heterocycles. The smallest absolute Gasteiger partial charge is 0.296 e. The molecule has 1 heterocycles. The molecule has 6 heteroatoms. The largest absolute Gasteiger partial charge is 0.362 e. The number of Topliss-reactive ketones (excluding diaryl/α,β-unsaturated/α-hetero) is 1. The van der Waals surface area contributed by atoms with Gasteiger partial charge in [0.2, 0.25) is 0 Å². The van der Waals surface area contributed by atoms with Gasteiger partial charge in [-0.15, -0.1) is 0 Å². The van der Waals surface area contributed by atoms with Gasteiger partial charge in [0.15, 0.2) is 5.78 Å². The highest BCUT2D eigenvalue weighted by Crippen LogP contribution is 2.30. The van der Waals surface area contributed by atoms with Gasteiger partial charge in [0.1, 0.15) is 0 Å². The summed E-state index contributed by atoms with van der Waals surface area (Å²) in [7, 11) is -3.80. The van der Waals surface area contributed by atoms with Crippen molar-refractivity contribution in [3.05, 3.63) is 52.3 Å². The molecule has 0 saturated carbocycles. The highest BCUT2D eigenvalue weighted by molar-refractivity contribution is 7.86. The number of H-pyrrole nitrogens is 1. The molecule has 134 valence electrons. The van der Waals surface area contributed by atoms with Crippen LogP contribution < -0.4 is 0 Å². The van der Waals surface area contributed by atoms with Gasteiger partial charge in [-0.3, -0.25) is 8.98 Å². The molecule has 1 aliphatic carbocycles. The molecule has 2 aromatic rings. The molecule has 5 nitrogen and oxygen atoms in total. The van der Waals surface area contributed by atoms with Crippen LogP contribution >= 0.6 is 0 Å². The SMILES string of the molecule is CCc1c(C)[nH]c2c1C(=O)CC(COS(=O)(=O)c1ccc(C)cc1)C2. The highest BCUT2D eigenvalue weighted by atomic mass is 32.2. The maximum absolute atomic E-state index is 12.5. The summed E-state index contributed by atoms with van der Waals surface area (Å²) in [5, 5.41) is 0. The van der Waals surface area contributed by atoms with E-state index >= 15 is 0 Å². The van der Waals surface area contributed by atoms with Crippen LogP contribution in [0.3, 0.4) is 0 Å². The lowest BCUT2D eigenvalue weighted by Gasteiger charge is -2.21. The summed E-state index contributed by atoms with van der Waals surface area (Å²) in [6.45, 7) is 5.91. The summed E-state index contributed by atoms with van der Waals surface area (Å²) in [4.78, 5) is 15.9. The average molecular weight is 361 g/mol. The number of carbonyl (C=O) groups excluding carboxylic acids is 1. The molecule has 25 heavy (non-hydrogen) atoms. The van der Waals surface area contributed by atoms with E-state index in [0.29, 0.717) is 12.8 Å². The van der Waals surface area contributed by atoms with Crippen molar-refractivity contribution in [3.63, 3.8) is 0 Å². The Hall–Kier alpha value is -1.92. The fraction of sp³-hybridized carbons (Fsp3) is 0.421. The van der Waals surface area contributed by atoms with E-state index in [2.05, 4.69) is 4.98 Å². The number of fused-ring (bicyclic) bond motifs is 1. The van der Waals surface area contributed by atoms with Gasteiger partial charge in [0.25, 0.3) is 10.1 Å². The summed E-state index contributed by atoms with van der Waals surface area (Å²) >= 11 is 0. The van der Waals surface area contributed by atoms with Crippen LogP contribution in [0.25, 0.3) is 0 Å². The molecular formula is C19H23NO4S. The lowest BCUT2D eigenvalue weighted by Crippen LogP contribution is -2.25. The topological polar surface area (TPSA) is 76.2 Å². The second-order valence-corrected chi connectivity index (χ2v) is 8.30. The van der Waals surface area contributed by atoms with Gasteiger partial charge in [0, 0.05) is 23.4 Å². The highest BCUT2D eigenvalue weighted by Gasteiger charge is 2.31. The van der Waals surface area contributed by atoms with Crippen LogP contribution in [0, 0.1) is 19.8 Å². The number of ketones is 1. The van der Waals surface area contributed by atoms with E-state index < -0.39 is 10.1 Å². The fourth-order valence-corrected chi connectivity index (χ4v) is 4.44. The van der Waals surface area contributed by atoms with Crippen molar-refractivity contribution < 1.29 is 17.4 Å². The summed E-state index contributed by atoms with van der Waals surface area (Å²) < 4.78 is 29.8. The van der Waals surface area contributed by atoms with Crippen LogP contribution in [0.4, 0.5) is 0 Å². The first-order valence-corrected chi connectivity index (χ1v) is 9.92. The van der Waals surface area contributed by atoms with Crippen LogP contribution in [0.5, 0.6) is 0 Å². The third-order valence-electron chi connectivity index (χ3n) is 4.76. The second kappa shape index (κ2) is 6.77. The Morgan fingerprint density at radius 3 is 2.48 bits per heavy atom. The maximum Gasteiger partial charge on any atom is 0.296 e. The first-order valence-electron chi connectivity index (χ1n) is 8.51. The minimum atomic E-state index is -3.80. The van der Waals surface area contributed by atoms with Crippen LogP contribution in [-0.4, -0.2) is 25.8 Å². The molecule has 1 atom stereocenters. The number of aromatic nitrogens is 1. The summed E-state index contributed by atoms with van der Waals surface area (Å²) in [6.07, 6.45) is 1.76. The minimum Gasteiger partial charge on any atom is -0.362 e. The van der Waals surface area contributed by atoms with Crippen molar-refractivity contribution in [1.29, 1.82) is 0 Å². The summed E-state index contributed by atoms with van der Waals surface area (Å²) in [5.41, 5.74) is 4.80. The Bertz CT molecular complexity index is 894. The Balaban J connectivity index is 1.72. The molecule has 1 unspecified atom stereocenters. The molecule has 0 fully saturated rings. The van der Waals surface area contributed by atoms with Gasteiger partial charge in [-0.1, -0.05) is 24.6 Å². The zero-order valence-electron chi connectivity index (χ0n) is 14.8. The zero-order valence-corrected chi connectivity index (χ0v) is 15.6. The number of hydrogen-bond donors (Lipinski definition) is 1. The number of nitrogens with one attached hydrogen (secondary N) is 1. The van der Waals surface area contributed by atoms with Crippen molar-refractivity contribution in [2.75, 3.05) is 6.61 Å². The van der Waals surface area contributed by atoms with E-state index in [4.69, 9.17) is 4.18 Å². The lowest BCUT2D eigenvalue weighted by molar-refractivity contribution is 0.0926. The van der Waals surface area contributed by atoms with E-state index in [0.717, 1.165) is 34.5 Å². The Labute approximate surface area is 148 Å². The molecule has 0 spiro atoms. The van der Waals surface area contributed by atoms with Crippen molar-refractivity contribution in [2.24, 2.45) is 5.92 Å². The van der Waals surface area contributed by atoms with Crippen molar-refractivity contribution in [3.8, 4) is 0 Å². The van der Waals surface area contributed by atoms with Crippen LogP contribution in [-0.2, 0) is 27.1 Å². The molecule has 1 aliphatic rings. The van der Waals surface area contributed by atoms with Crippen LogP contribution in [0.2, 0.25) is 0 Å². The van der Waals surface area contributed by atoms with E-state index in [1.807, 2.05) is 20.8 Å². The monoisotopic (exact) mass is 361 g/mol. The van der Waals surface area contributed by atoms with E-state index in [1.54, 1.807) is 12.1 Å². The first-order chi connectivity index (χ1) is 11.8. The number of rotatable bonds is 5. The predicted octanol–water partition coefficient (Wildman–Crippen LogP) is 3.34. The van der Waals surface area contributed by atoms with Crippen molar-refractivity contribution in [1.82, 2.24) is 4.98 Å². The van der Waals surface area contributed by atoms with Gasteiger partial charge in [-0.05, 0) is 50.3 Å². The number of aryl methyl sites for hydroxylation is 2. The Morgan fingerprint density at radius 1 is 1.16 bits per heavy atom. The second-order valence-electron chi connectivity index (χ2n) is 6.68. The molecule has 0 radical (unpaired) electrons. The number of aromatic amines is 1. The molecule has 0 amide bonds. The minimum absolute atomic E-state index is 0.0148. The summed E-state index contributed by atoms with van der Waals surface area (Å²) in [5.74, 6) is -0.0632. The van der Waals surface area contributed by atoms with E-state index in [9.17, 15) is 13.2 Å². The van der Waals surface area contributed by atoms with Gasteiger partial charge >= 0.3 is 0 Å². The molecule has 3 rings (SSSR count). The molecule has 0 bridgehead atoms. The third kappa shape index (κ3) is 3.55. The fourth-order valence-electron chi connectivity index (χ4n) is 3.47. The average Bonchev–Trinajstić information content (AvgIpc) is 2.89. The van der Waals surface area contributed by atoms with Gasteiger partial charge < -0.3 is 4.98 Å². The van der Waals surface area contributed by atoms with Gasteiger partial charge in [-0.25, -0.2) is 0 Å². The first kappa shape index (κ1) is 17.9. The van der Waals surface area contributed by atoms with E-state index in [-0.39, 0.29) is 23.2 Å². The molecule has 0 aliphatic heterocycles. The quantitative estimate of drug-likeness (QED) is 0.829. The molecule has 0 saturated heterocycles. The lowest BCUT2D eigenvalue weighted by atomic mass is 9.85. The maximum atomic E-state index is 12.5. The zero-order chi connectivity index (χ0) is 18.2. The predicted molar refractivity (Wildman–Crippen MR) is 95.4 cm³/mol. The van der Waals surface area contributed by atoms with Gasteiger partial charge in [-0.2, -0.15) is 8.42 Å². The molecule has 1 aromatic carbocycles. The molecular weight excluding hydrogens is 338 g/mol. The van der Waals surface area contributed by atoms with E-state index in [1.165, 1.54) is 12.1 Å². The number of carbonyl (C=O) groups is 1. The van der Waals surface area contributed by atoms with Crippen molar-refractivity contribution in [2.45, 2.75) is 44.9 Å². The van der Waals surface area contributed by atoms with Crippen molar-refractivity contribution >= 4 is 15.9 Å². The molecule has 1 N–H and O–H groups in total. The standard InChI is InChI=1S/C19H23NO4S/c1-4-16-13(3)20-17-9-14(10-18(21)19(16)17)11-24-25(22,23)15-7-5-12(2)6-8-15/h5-8,14,20H,4,9-11H2,1-3H3. The normalized spacial score (nSPS) is 17.6.